The molecule has 5 nitrogen and oxygen atoms in total. The van der Waals surface area contributed by atoms with Crippen LogP contribution in [0.3, 0.4) is 0 Å². The van der Waals surface area contributed by atoms with Crippen LogP contribution in [0.2, 0.25) is 5.02 Å². The summed E-state index contributed by atoms with van der Waals surface area (Å²) < 4.78 is 6.67. The van der Waals surface area contributed by atoms with Gasteiger partial charge in [-0.3, -0.25) is 9.59 Å². The summed E-state index contributed by atoms with van der Waals surface area (Å²) in [7, 11) is 1.56. The number of nitrogens with zero attached hydrogens (tertiary/aromatic N) is 1. The minimum Gasteiger partial charge on any atom is -0.497 e. The van der Waals surface area contributed by atoms with E-state index < -0.39 is 5.97 Å². The molecule has 0 saturated carbocycles. The summed E-state index contributed by atoms with van der Waals surface area (Å²) in [5, 5.41) is 10.0. The lowest BCUT2D eigenvalue weighted by molar-refractivity contribution is -0.137. The molecule has 6 heteroatoms. The van der Waals surface area contributed by atoms with E-state index in [9.17, 15) is 9.59 Å². The second-order valence-corrected chi connectivity index (χ2v) is 5.69. The van der Waals surface area contributed by atoms with Gasteiger partial charge in [0.2, 0.25) is 0 Å². The van der Waals surface area contributed by atoms with Crippen LogP contribution in [0.5, 0.6) is 5.75 Å². The van der Waals surface area contributed by atoms with Crippen LogP contribution in [0, 0.1) is 0 Å². The first-order valence-corrected chi connectivity index (χ1v) is 7.56. The molecule has 0 aliphatic rings. The van der Waals surface area contributed by atoms with E-state index in [0.717, 1.165) is 11.1 Å². The highest BCUT2D eigenvalue weighted by Gasteiger charge is 2.10. The second-order valence-electron chi connectivity index (χ2n) is 5.28. The van der Waals surface area contributed by atoms with Crippen molar-refractivity contribution in [3.63, 3.8) is 0 Å². The van der Waals surface area contributed by atoms with Crippen molar-refractivity contribution in [3.05, 3.63) is 63.9 Å². The van der Waals surface area contributed by atoms with Crippen molar-refractivity contribution >= 4 is 28.5 Å². The Labute approximate surface area is 142 Å². The van der Waals surface area contributed by atoms with Crippen molar-refractivity contribution in [1.82, 2.24) is 4.57 Å². The molecule has 3 aromatic rings. The van der Waals surface area contributed by atoms with Crippen LogP contribution in [-0.4, -0.2) is 22.8 Å². The van der Waals surface area contributed by atoms with Crippen molar-refractivity contribution in [1.29, 1.82) is 0 Å². The Morgan fingerprint density at radius 1 is 1.21 bits per heavy atom. The number of carboxylic acid groups (broad SMARTS) is 1. The molecule has 3 rings (SSSR count). The minimum absolute atomic E-state index is 0.154. The zero-order valence-electron chi connectivity index (χ0n) is 12.8. The van der Waals surface area contributed by atoms with Gasteiger partial charge in [-0.1, -0.05) is 17.7 Å². The molecule has 0 bridgehead atoms. The summed E-state index contributed by atoms with van der Waals surface area (Å²) in [5.74, 6) is -0.333. The highest BCUT2D eigenvalue weighted by Crippen LogP contribution is 2.32. The van der Waals surface area contributed by atoms with E-state index in [4.69, 9.17) is 21.4 Å². The molecule has 24 heavy (non-hydrogen) atoms. The fourth-order valence-electron chi connectivity index (χ4n) is 2.61. The van der Waals surface area contributed by atoms with Crippen LogP contribution in [0.1, 0.15) is 0 Å². The number of fused-ring (bicyclic) bond motifs is 1. The highest BCUT2D eigenvalue weighted by atomic mass is 35.5. The maximum atomic E-state index is 12.0. The Balaban J connectivity index is 2.20. The Hall–Kier alpha value is -2.79. The number of ether oxygens (including phenoxy) is 1. The molecule has 0 unspecified atom stereocenters. The number of hydrogen-bond donors (Lipinski definition) is 1. The number of halogens is 1. The minimum atomic E-state index is -0.979. The number of aromatic nitrogens is 1. The first-order chi connectivity index (χ1) is 11.5. The third kappa shape index (κ3) is 2.98. The molecule has 2 aromatic carbocycles. The molecule has 1 aromatic heterocycles. The summed E-state index contributed by atoms with van der Waals surface area (Å²) in [4.78, 5) is 23.1. The molecule has 0 saturated heterocycles. The quantitative estimate of drug-likeness (QED) is 0.788. The second kappa shape index (κ2) is 6.37. The van der Waals surface area contributed by atoms with Crippen LogP contribution in [0.4, 0.5) is 0 Å². The molecule has 1 N–H and O–H groups in total. The molecular weight excluding hydrogens is 330 g/mol. The van der Waals surface area contributed by atoms with Crippen molar-refractivity contribution in [2.75, 3.05) is 7.11 Å². The fraction of sp³-hybridized carbons (Fsp3) is 0.111. The largest absolute Gasteiger partial charge is 0.497 e. The van der Waals surface area contributed by atoms with Crippen molar-refractivity contribution in [2.24, 2.45) is 0 Å². The van der Waals surface area contributed by atoms with Gasteiger partial charge in [0.1, 0.15) is 12.3 Å². The van der Waals surface area contributed by atoms with Crippen molar-refractivity contribution < 1.29 is 14.6 Å². The lowest BCUT2D eigenvalue weighted by atomic mass is 10.0. The normalized spacial score (nSPS) is 10.8. The topological polar surface area (TPSA) is 68.5 Å². The van der Waals surface area contributed by atoms with Crippen LogP contribution in [-0.2, 0) is 11.3 Å². The monoisotopic (exact) mass is 343 g/mol. The van der Waals surface area contributed by atoms with Gasteiger partial charge >= 0.3 is 5.97 Å². The molecule has 122 valence electrons. The Kier molecular flexibility index (Phi) is 4.27. The average Bonchev–Trinajstić information content (AvgIpc) is 2.56. The maximum Gasteiger partial charge on any atom is 0.323 e. The third-order valence-electron chi connectivity index (χ3n) is 3.77. The molecule has 1 heterocycles. The van der Waals surface area contributed by atoms with E-state index in [2.05, 4.69) is 0 Å². The zero-order chi connectivity index (χ0) is 17.3. The van der Waals surface area contributed by atoms with Gasteiger partial charge in [0.25, 0.3) is 0 Å². The summed E-state index contributed by atoms with van der Waals surface area (Å²) in [6.07, 6.45) is 1.48. The van der Waals surface area contributed by atoms with Crippen LogP contribution < -0.4 is 10.2 Å². The maximum absolute atomic E-state index is 12.0. The molecule has 0 spiro atoms. The number of benzene rings is 2. The Morgan fingerprint density at radius 2 is 2.00 bits per heavy atom. The van der Waals surface area contributed by atoms with Gasteiger partial charge in [0.15, 0.2) is 5.43 Å². The van der Waals surface area contributed by atoms with Gasteiger partial charge in [-0.05, 0) is 35.9 Å². The van der Waals surface area contributed by atoms with Gasteiger partial charge in [0.05, 0.1) is 17.6 Å². The number of aliphatic carboxylic acids is 1. The highest BCUT2D eigenvalue weighted by molar-refractivity contribution is 6.33. The summed E-state index contributed by atoms with van der Waals surface area (Å²) in [5.41, 5.74) is 1.96. The van der Waals surface area contributed by atoms with Crippen LogP contribution in [0.15, 0.2) is 53.5 Å². The zero-order valence-corrected chi connectivity index (χ0v) is 13.6. The molecule has 0 atom stereocenters. The summed E-state index contributed by atoms with van der Waals surface area (Å²) >= 11 is 6.31. The van der Waals surface area contributed by atoms with Crippen molar-refractivity contribution in [2.45, 2.75) is 6.54 Å². The fourth-order valence-corrected chi connectivity index (χ4v) is 2.89. The molecule has 0 radical (unpaired) electrons. The van der Waals surface area contributed by atoms with Gasteiger partial charge < -0.3 is 14.4 Å². The van der Waals surface area contributed by atoms with Crippen LogP contribution in [0.25, 0.3) is 22.0 Å². The molecule has 0 aliphatic heterocycles. The molecule has 0 fully saturated rings. The number of pyridine rings is 1. The van der Waals surface area contributed by atoms with E-state index in [1.165, 1.54) is 16.8 Å². The lowest BCUT2D eigenvalue weighted by Crippen LogP contribution is -2.13. The number of rotatable bonds is 4. The van der Waals surface area contributed by atoms with E-state index in [0.29, 0.717) is 21.7 Å². The smallest absolute Gasteiger partial charge is 0.323 e. The SMILES string of the molecule is COc1ccc(-c2ccc3c(=O)ccn(CC(=O)O)c3c2)c(Cl)c1. The van der Waals surface area contributed by atoms with Crippen LogP contribution >= 0.6 is 11.6 Å². The average molecular weight is 344 g/mol. The van der Waals surface area contributed by atoms with Crippen molar-refractivity contribution in [3.8, 4) is 16.9 Å². The third-order valence-corrected chi connectivity index (χ3v) is 4.08. The lowest BCUT2D eigenvalue weighted by Gasteiger charge is -2.11. The van der Waals surface area contributed by atoms with E-state index in [1.54, 1.807) is 37.4 Å². The first kappa shape index (κ1) is 16.1. The van der Waals surface area contributed by atoms with Gasteiger partial charge in [0, 0.05) is 23.2 Å². The van der Waals surface area contributed by atoms with Gasteiger partial charge in [-0.25, -0.2) is 0 Å². The summed E-state index contributed by atoms with van der Waals surface area (Å²) in [6, 6.07) is 11.9. The number of hydrogen-bond acceptors (Lipinski definition) is 3. The predicted molar refractivity (Wildman–Crippen MR) is 92.8 cm³/mol. The molecule has 0 amide bonds. The standard InChI is InChI=1S/C18H14ClNO4/c1-24-12-3-5-13(15(19)9-12)11-2-4-14-16(8-11)20(10-18(22)23)7-6-17(14)21/h2-9H,10H2,1H3,(H,22,23). The van der Waals surface area contributed by atoms with Gasteiger partial charge in [-0.2, -0.15) is 0 Å². The summed E-state index contributed by atoms with van der Waals surface area (Å²) in [6.45, 7) is -0.226. The predicted octanol–water partition coefficient (Wildman–Crippen LogP) is 3.42. The Morgan fingerprint density at radius 3 is 2.67 bits per heavy atom. The molecule has 0 aliphatic carbocycles. The molecular formula is C18H14ClNO4. The van der Waals surface area contributed by atoms with E-state index in [1.807, 2.05) is 6.07 Å². The number of methoxy groups -OCH3 is 1. The first-order valence-electron chi connectivity index (χ1n) is 7.18. The van der Waals surface area contributed by atoms with E-state index >= 15 is 0 Å². The Bertz CT molecular complexity index is 994. The number of carbonyl (C=O) groups is 1. The van der Waals surface area contributed by atoms with Gasteiger partial charge in [-0.15, -0.1) is 0 Å². The number of carboxylic acids is 1. The van der Waals surface area contributed by atoms with E-state index in [-0.39, 0.29) is 12.0 Å².